The van der Waals surface area contributed by atoms with E-state index in [1.807, 2.05) is 36.4 Å². The van der Waals surface area contributed by atoms with Gasteiger partial charge in [-0.2, -0.15) is 0 Å². The van der Waals surface area contributed by atoms with E-state index < -0.39 is 0 Å². The minimum atomic E-state index is -0.205. The van der Waals surface area contributed by atoms with Gasteiger partial charge in [-0.25, -0.2) is 9.18 Å². The molecule has 1 heterocycles. The number of thioether (sulfide) groups is 1. The van der Waals surface area contributed by atoms with Gasteiger partial charge >= 0.3 is 6.03 Å². The van der Waals surface area contributed by atoms with Crippen molar-refractivity contribution in [2.24, 2.45) is 0 Å². The van der Waals surface area contributed by atoms with Gasteiger partial charge in [-0.05, 0) is 23.6 Å². The first-order valence-corrected chi connectivity index (χ1v) is 8.60. The van der Waals surface area contributed by atoms with Crippen LogP contribution in [0.2, 0.25) is 0 Å². The summed E-state index contributed by atoms with van der Waals surface area (Å²) >= 11 is 1.52. The van der Waals surface area contributed by atoms with Gasteiger partial charge in [0, 0.05) is 24.2 Å². The lowest BCUT2D eigenvalue weighted by atomic mass is 10.0. The van der Waals surface area contributed by atoms with Gasteiger partial charge in [0.1, 0.15) is 5.82 Å². The molecule has 2 amide bonds. The van der Waals surface area contributed by atoms with E-state index in [9.17, 15) is 9.18 Å². The Hall–Kier alpha value is -2.01. The van der Waals surface area contributed by atoms with Crippen molar-refractivity contribution in [2.75, 3.05) is 12.8 Å². The van der Waals surface area contributed by atoms with Gasteiger partial charge in [0.05, 0.1) is 6.04 Å². The molecule has 0 fully saturated rings. The predicted octanol–water partition coefficient (Wildman–Crippen LogP) is 4.20. The summed E-state index contributed by atoms with van der Waals surface area (Å²) in [5, 5.41) is 3.03. The lowest BCUT2D eigenvalue weighted by molar-refractivity contribution is 0.202. The molecule has 1 N–H and O–H groups in total. The van der Waals surface area contributed by atoms with E-state index in [1.54, 1.807) is 18.0 Å². The highest BCUT2D eigenvalue weighted by Crippen LogP contribution is 2.37. The second-order valence-corrected chi connectivity index (χ2v) is 6.74. The third-order valence-corrected chi connectivity index (χ3v) is 5.09. The summed E-state index contributed by atoms with van der Waals surface area (Å²) in [5.41, 5.74) is 1.96. The summed E-state index contributed by atoms with van der Waals surface area (Å²) in [6, 6.07) is 14.6. The van der Waals surface area contributed by atoms with Crippen molar-refractivity contribution in [2.45, 2.75) is 23.9 Å². The molecule has 2 aromatic carbocycles. The number of nitrogens with one attached hydrogen (secondary N) is 1. The Balaban J connectivity index is 1.68. The number of nitrogens with zero attached hydrogens (tertiary/aromatic N) is 1. The first-order chi connectivity index (χ1) is 11.1. The van der Waals surface area contributed by atoms with Gasteiger partial charge in [-0.1, -0.05) is 42.5 Å². The molecule has 2 aromatic rings. The fraction of sp³-hybridized carbons (Fsp3) is 0.278. The van der Waals surface area contributed by atoms with Crippen LogP contribution in [-0.2, 0) is 6.54 Å². The SMILES string of the molecule is CN(Cc1ccccc1)C(=O)NC1CCSc2c(F)cccc21. The lowest BCUT2D eigenvalue weighted by Crippen LogP contribution is -2.40. The van der Waals surface area contributed by atoms with Crippen LogP contribution in [0.15, 0.2) is 53.4 Å². The van der Waals surface area contributed by atoms with E-state index in [2.05, 4.69) is 5.32 Å². The van der Waals surface area contributed by atoms with E-state index >= 15 is 0 Å². The second-order valence-electron chi connectivity index (χ2n) is 5.64. The number of carbonyl (C=O) groups excluding carboxylic acids is 1. The highest BCUT2D eigenvalue weighted by atomic mass is 32.2. The number of rotatable bonds is 3. The maximum Gasteiger partial charge on any atom is 0.317 e. The number of amides is 2. The maximum absolute atomic E-state index is 13.9. The van der Waals surface area contributed by atoms with Crippen LogP contribution in [0.5, 0.6) is 0 Å². The van der Waals surface area contributed by atoms with Gasteiger partial charge in [-0.3, -0.25) is 0 Å². The van der Waals surface area contributed by atoms with Crippen molar-refractivity contribution < 1.29 is 9.18 Å². The first-order valence-electron chi connectivity index (χ1n) is 7.62. The predicted molar refractivity (Wildman–Crippen MR) is 90.9 cm³/mol. The molecule has 0 radical (unpaired) electrons. The maximum atomic E-state index is 13.9. The zero-order chi connectivity index (χ0) is 16.2. The Morgan fingerprint density at radius 1 is 1.26 bits per heavy atom. The molecular weight excluding hydrogens is 311 g/mol. The Labute approximate surface area is 139 Å². The van der Waals surface area contributed by atoms with Crippen molar-refractivity contribution >= 4 is 17.8 Å². The van der Waals surface area contributed by atoms with Crippen molar-refractivity contribution in [3.8, 4) is 0 Å². The normalized spacial score (nSPS) is 16.5. The van der Waals surface area contributed by atoms with Gasteiger partial charge in [0.15, 0.2) is 0 Å². The second kappa shape index (κ2) is 7.04. The average Bonchev–Trinajstić information content (AvgIpc) is 2.56. The third-order valence-electron chi connectivity index (χ3n) is 3.93. The molecule has 23 heavy (non-hydrogen) atoms. The van der Waals surface area contributed by atoms with Crippen molar-refractivity contribution in [3.63, 3.8) is 0 Å². The minimum absolute atomic E-state index is 0.132. The lowest BCUT2D eigenvalue weighted by Gasteiger charge is -2.28. The highest BCUT2D eigenvalue weighted by molar-refractivity contribution is 7.99. The summed E-state index contributed by atoms with van der Waals surface area (Å²) in [4.78, 5) is 14.7. The molecule has 1 aliphatic heterocycles. The standard InChI is InChI=1S/C18H19FN2OS/c1-21(12-13-6-3-2-4-7-13)18(22)20-16-10-11-23-17-14(16)8-5-9-15(17)19/h2-9,16H,10-12H2,1H3,(H,20,22). The largest absolute Gasteiger partial charge is 0.331 e. The molecule has 1 unspecified atom stereocenters. The smallest absolute Gasteiger partial charge is 0.317 e. The van der Waals surface area contributed by atoms with E-state index in [1.165, 1.54) is 17.8 Å². The van der Waals surface area contributed by atoms with Crippen molar-refractivity contribution in [1.82, 2.24) is 10.2 Å². The molecule has 3 rings (SSSR count). The van der Waals surface area contributed by atoms with Crippen LogP contribution < -0.4 is 5.32 Å². The van der Waals surface area contributed by atoms with Crippen molar-refractivity contribution in [1.29, 1.82) is 0 Å². The summed E-state index contributed by atoms with van der Waals surface area (Å²) in [6.07, 6.45) is 0.812. The number of urea groups is 1. The first kappa shape index (κ1) is 15.9. The number of fused-ring (bicyclic) bond motifs is 1. The molecule has 0 saturated heterocycles. The molecule has 5 heteroatoms. The van der Waals surface area contributed by atoms with Crippen LogP contribution in [0.25, 0.3) is 0 Å². The van der Waals surface area contributed by atoms with Crippen LogP contribution in [0.3, 0.4) is 0 Å². The Kier molecular flexibility index (Phi) is 4.86. The zero-order valence-electron chi connectivity index (χ0n) is 13.0. The van der Waals surface area contributed by atoms with Crippen LogP contribution in [0.1, 0.15) is 23.6 Å². The molecule has 1 aliphatic rings. The molecule has 0 spiro atoms. The van der Waals surface area contributed by atoms with Gasteiger partial charge in [0.2, 0.25) is 0 Å². The van der Waals surface area contributed by atoms with Gasteiger partial charge in [-0.15, -0.1) is 11.8 Å². The number of benzene rings is 2. The number of halogens is 1. The van der Waals surface area contributed by atoms with Crippen molar-refractivity contribution in [3.05, 3.63) is 65.5 Å². The summed E-state index contributed by atoms with van der Waals surface area (Å²) in [6.45, 7) is 0.546. The topological polar surface area (TPSA) is 32.3 Å². The molecule has 3 nitrogen and oxygen atoms in total. The van der Waals surface area contributed by atoms with E-state index in [0.717, 1.165) is 23.3 Å². The van der Waals surface area contributed by atoms with Crippen LogP contribution in [0, 0.1) is 5.82 Å². The van der Waals surface area contributed by atoms with E-state index in [4.69, 9.17) is 0 Å². The molecule has 0 saturated carbocycles. The van der Waals surface area contributed by atoms with Gasteiger partial charge in [0.25, 0.3) is 0 Å². The summed E-state index contributed by atoms with van der Waals surface area (Å²) in [7, 11) is 1.77. The summed E-state index contributed by atoms with van der Waals surface area (Å²) in [5.74, 6) is 0.602. The van der Waals surface area contributed by atoms with Crippen LogP contribution >= 0.6 is 11.8 Å². The third kappa shape index (κ3) is 3.67. The number of carbonyl (C=O) groups is 1. The van der Waals surface area contributed by atoms with E-state index in [0.29, 0.717) is 11.4 Å². The monoisotopic (exact) mass is 330 g/mol. The molecule has 1 atom stereocenters. The number of hydrogen-bond acceptors (Lipinski definition) is 2. The number of hydrogen-bond donors (Lipinski definition) is 1. The Morgan fingerprint density at radius 2 is 2.04 bits per heavy atom. The van der Waals surface area contributed by atoms with Gasteiger partial charge < -0.3 is 10.2 Å². The molecule has 0 bridgehead atoms. The molecular formula is C18H19FN2OS. The fourth-order valence-electron chi connectivity index (χ4n) is 2.72. The van der Waals surface area contributed by atoms with E-state index in [-0.39, 0.29) is 17.9 Å². The summed E-state index contributed by atoms with van der Waals surface area (Å²) < 4.78 is 13.9. The highest BCUT2D eigenvalue weighted by Gasteiger charge is 2.25. The van der Waals surface area contributed by atoms with Crippen LogP contribution in [0.4, 0.5) is 9.18 Å². The minimum Gasteiger partial charge on any atom is -0.331 e. The Bertz CT molecular complexity index is 693. The quantitative estimate of drug-likeness (QED) is 0.914. The average molecular weight is 330 g/mol. The Morgan fingerprint density at radius 3 is 2.83 bits per heavy atom. The molecule has 0 aliphatic carbocycles. The molecule has 120 valence electrons. The fourth-order valence-corrected chi connectivity index (χ4v) is 3.87. The zero-order valence-corrected chi connectivity index (χ0v) is 13.8. The molecule has 0 aromatic heterocycles. The van der Waals surface area contributed by atoms with Crippen LogP contribution in [-0.4, -0.2) is 23.7 Å².